The van der Waals surface area contributed by atoms with Crippen molar-refractivity contribution in [3.05, 3.63) is 34.3 Å². The number of nitrogens with one attached hydrogen (secondary N) is 1. The fraction of sp³-hybridized carbons (Fsp3) is 0.400. The number of hydrogen-bond donors (Lipinski definition) is 1. The van der Waals surface area contributed by atoms with Gasteiger partial charge in [-0.1, -0.05) is 41.3 Å². The molecule has 1 aromatic carbocycles. The van der Waals surface area contributed by atoms with Crippen LogP contribution in [0.25, 0.3) is 5.69 Å². The average Bonchev–Trinajstić information content (AvgIpc) is 3.21. The van der Waals surface area contributed by atoms with E-state index in [1.807, 2.05) is 30.3 Å². The van der Waals surface area contributed by atoms with E-state index in [4.69, 9.17) is 17.0 Å². The van der Waals surface area contributed by atoms with Crippen LogP contribution in [0.3, 0.4) is 0 Å². The molecule has 2 aromatic rings. The number of thioether (sulfide) groups is 1. The van der Waals surface area contributed by atoms with Gasteiger partial charge in [-0.25, -0.2) is 4.68 Å². The summed E-state index contributed by atoms with van der Waals surface area (Å²) in [6.45, 7) is 1.39. The lowest BCUT2D eigenvalue weighted by Gasteiger charge is -2.09. The maximum Gasteiger partial charge on any atom is 0.230 e. The first-order valence-electron chi connectivity index (χ1n) is 7.39. The lowest BCUT2D eigenvalue weighted by atomic mass is 10.2. The molecule has 0 aliphatic carbocycles. The highest BCUT2D eigenvalue weighted by atomic mass is 32.2. The van der Waals surface area contributed by atoms with Crippen molar-refractivity contribution in [2.45, 2.75) is 23.3 Å². The molecule has 1 unspecified atom stereocenters. The Kier molecular flexibility index (Phi) is 5.82. The van der Waals surface area contributed by atoms with E-state index in [9.17, 15) is 4.79 Å². The molecule has 1 saturated heterocycles. The Morgan fingerprint density at radius 1 is 1.48 bits per heavy atom. The predicted octanol–water partition coefficient (Wildman–Crippen LogP) is 3.05. The van der Waals surface area contributed by atoms with Gasteiger partial charge in [0.15, 0.2) is 8.29 Å². The van der Waals surface area contributed by atoms with Crippen LogP contribution in [-0.4, -0.2) is 40.7 Å². The van der Waals surface area contributed by atoms with Crippen molar-refractivity contribution in [3.63, 3.8) is 0 Å². The lowest BCUT2D eigenvalue weighted by Crippen LogP contribution is -2.32. The lowest BCUT2D eigenvalue weighted by molar-refractivity contribution is -0.119. The molecule has 1 aliphatic rings. The quantitative estimate of drug-likeness (QED) is 0.628. The third-order valence-corrected chi connectivity index (χ3v) is 5.77. The zero-order chi connectivity index (χ0) is 16.1. The number of hydrogen-bond acceptors (Lipinski definition) is 6. The fourth-order valence-electron chi connectivity index (χ4n) is 2.26. The van der Waals surface area contributed by atoms with Crippen LogP contribution in [0.5, 0.6) is 0 Å². The van der Waals surface area contributed by atoms with E-state index in [0.717, 1.165) is 29.5 Å². The zero-order valence-electron chi connectivity index (χ0n) is 12.4. The molecule has 8 heteroatoms. The SMILES string of the molecule is O=C(CSc1nn(-c2ccccc2)c(=S)s1)NCC1CCCO1. The normalized spacial score (nSPS) is 17.3. The maximum absolute atomic E-state index is 11.9. The van der Waals surface area contributed by atoms with Crippen molar-refractivity contribution in [1.29, 1.82) is 0 Å². The summed E-state index contributed by atoms with van der Waals surface area (Å²) in [7, 11) is 0. The van der Waals surface area contributed by atoms with Crippen LogP contribution in [0.2, 0.25) is 0 Å². The molecular weight excluding hydrogens is 350 g/mol. The summed E-state index contributed by atoms with van der Waals surface area (Å²) >= 11 is 8.17. The van der Waals surface area contributed by atoms with E-state index >= 15 is 0 Å². The molecule has 5 nitrogen and oxygen atoms in total. The summed E-state index contributed by atoms with van der Waals surface area (Å²) in [5.74, 6) is 0.335. The van der Waals surface area contributed by atoms with Crippen LogP contribution in [-0.2, 0) is 9.53 Å². The number of nitrogens with zero attached hydrogens (tertiary/aromatic N) is 2. The highest BCUT2D eigenvalue weighted by Gasteiger charge is 2.16. The molecule has 122 valence electrons. The first-order chi connectivity index (χ1) is 11.2. The van der Waals surface area contributed by atoms with Crippen molar-refractivity contribution in [3.8, 4) is 5.69 Å². The Morgan fingerprint density at radius 3 is 3.04 bits per heavy atom. The van der Waals surface area contributed by atoms with E-state index < -0.39 is 0 Å². The average molecular weight is 368 g/mol. The van der Waals surface area contributed by atoms with Gasteiger partial charge in [0.2, 0.25) is 5.91 Å². The molecule has 1 amide bonds. The monoisotopic (exact) mass is 367 g/mol. The molecule has 1 atom stereocenters. The van der Waals surface area contributed by atoms with Crippen LogP contribution in [0.1, 0.15) is 12.8 Å². The summed E-state index contributed by atoms with van der Waals surface area (Å²) in [5, 5.41) is 7.39. The second-order valence-electron chi connectivity index (χ2n) is 5.11. The minimum Gasteiger partial charge on any atom is -0.376 e. The molecule has 1 aromatic heterocycles. The third-order valence-electron chi connectivity index (χ3n) is 3.41. The smallest absolute Gasteiger partial charge is 0.230 e. The Labute approximate surface area is 148 Å². The standard InChI is InChI=1S/C15H17N3O2S3/c19-13(16-9-12-7-4-8-20-12)10-22-14-17-18(15(21)23-14)11-5-2-1-3-6-11/h1-3,5-6,12H,4,7-10H2,(H,16,19). The summed E-state index contributed by atoms with van der Waals surface area (Å²) in [6.07, 6.45) is 2.27. The number of para-hydroxylation sites is 1. The van der Waals surface area contributed by atoms with E-state index in [0.29, 0.717) is 16.3 Å². The van der Waals surface area contributed by atoms with Gasteiger partial charge in [-0.05, 0) is 37.2 Å². The predicted molar refractivity (Wildman–Crippen MR) is 95.0 cm³/mol. The van der Waals surface area contributed by atoms with Gasteiger partial charge in [0.05, 0.1) is 17.5 Å². The van der Waals surface area contributed by atoms with E-state index in [1.54, 1.807) is 4.68 Å². The second-order valence-corrected chi connectivity index (χ2v) is 7.95. The largest absolute Gasteiger partial charge is 0.376 e. The second kappa shape index (κ2) is 8.05. The minimum absolute atomic E-state index is 0.00196. The van der Waals surface area contributed by atoms with Crippen LogP contribution in [0.4, 0.5) is 0 Å². The van der Waals surface area contributed by atoms with E-state index in [1.165, 1.54) is 23.1 Å². The van der Waals surface area contributed by atoms with Crippen molar-refractivity contribution >= 4 is 41.2 Å². The minimum atomic E-state index is -0.00196. The Balaban J connectivity index is 1.52. The molecule has 2 heterocycles. The summed E-state index contributed by atoms with van der Waals surface area (Å²) in [5.41, 5.74) is 0.934. The highest BCUT2D eigenvalue weighted by molar-refractivity contribution is 8.01. The summed E-state index contributed by atoms with van der Waals surface area (Å²) < 4.78 is 8.69. The van der Waals surface area contributed by atoms with E-state index in [2.05, 4.69) is 10.4 Å². The topological polar surface area (TPSA) is 56.2 Å². The molecule has 1 aliphatic heterocycles. The van der Waals surface area contributed by atoms with Crippen LogP contribution in [0, 0.1) is 3.95 Å². The molecule has 0 saturated carbocycles. The zero-order valence-corrected chi connectivity index (χ0v) is 14.9. The van der Waals surface area contributed by atoms with Crippen molar-refractivity contribution in [2.24, 2.45) is 0 Å². The van der Waals surface area contributed by atoms with Gasteiger partial charge >= 0.3 is 0 Å². The first-order valence-corrected chi connectivity index (χ1v) is 9.60. The number of aromatic nitrogens is 2. The first kappa shape index (κ1) is 16.6. The van der Waals surface area contributed by atoms with E-state index in [-0.39, 0.29) is 12.0 Å². The number of rotatable bonds is 6. The summed E-state index contributed by atoms with van der Waals surface area (Å²) in [6, 6.07) is 9.76. The number of carbonyl (C=O) groups excluding carboxylic acids is 1. The molecular formula is C15H17N3O2S3. The molecule has 3 rings (SSSR count). The molecule has 23 heavy (non-hydrogen) atoms. The van der Waals surface area contributed by atoms with Gasteiger partial charge in [0.25, 0.3) is 0 Å². The molecule has 0 spiro atoms. The van der Waals surface area contributed by atoms with Gasteiger partial charge in [-0.2, -0.15) is 0 Å². The number of carbonyl (C=O) groups is 1. The molecule has 1 fully saturated rings. The Morgan fingerprint density at radius 2 is 2.30 bits per heavy atom. The van der Waals surface area contributed by atoms with Crippen LogP contribution < -0.4 is 5.32 Å². The highest BCUT2D eigenvalue weighted by Crippen LogP contribution is 2.23. The fourth-order valence-corrected chi connectivity index (χ4v) is 4.45. The van der Waals surface area contributed by atoms with Gasteiger partial charge in [-0.3, -0.25) is 4.79 Å². The Bertz CT molecular complexity index is 708. The molecule has 1 N–H and O–H groups in total. The number of ether oxygens (including phenoxy) is 1. The van der Waals surface area contributed by atoms with Gasteiger partial charge in [-0.15, -0.1) is 5.10 Å². The van der Waals surface area contributed by atoms with Crippen molar-refractivity contribution in [1.82, 2.24) is 15.1 Å². The van der Waals surface area contributed by atoms with Crippen LogP contribution in [0.15, 0.2) is 34.7 Å². The van der Waals surface area contributed by atoms with Gasteiger partial charge < -0.3 is 10.1 Å². The number of amides is 1. The maximum atomic E-state index is 11.9. The van der Waals surface area contributed by atoms with Gasteiger partial charge in [0.1, 0.15) is 0 Å². The van der Waals surface area contributed by atoms with Crippen molar-refractivity contribution < 1.29 is 9.53 Å². The third kappa shape index (κ3) is 4.63. The van der Waals surface area contributed by atoms with Crippen LogP contribution >= 0.6 is 35.3 Å². The number of benzene rings is 1. The Hall–Kier alpha value is -1.22. The molecule has 0 radical (unpaired) electrons. The van der Waals surface area contributed by atoms with Gasteiger partial charge in [0, 0.05) is 13.2 Å². The van der Waals surface area contributed by atoms with Crippen molar-refractivity contribution in [2.75, 3.05) is 18.9 Å². The summed E-state index contributed by atoms with van der Waals surface area (Å²) in [4.78, 5) is 11.9. The molecule has 0 bridgehead atoms.